The molecular weight excluding hydrogens is 354 g/mol. The van der Waals surface area contributed by atoms with Crippen molar-refractivity contribution in [1.82, 2.24) is 0 Å². The smallest absolute Gasteiger partial charge is 0.117 e. The summed E-state index contributed by atoms with van der Waals surface area (Å²) in [6, 6.07) is 16.8. The van der Waals surface area contributed by atoms with Crippen LogP contribution in [-0.2, 0) is 0 Å². The highest BCUT2D eigenvalue weighted by Gasteiger charge is 2.17. The summed E-state index contributed by atoms with van der Waals surface area (Å²) in [5.41, 5.74) is 3.62. The van der Waals surface area contributed by atoms with Crippen LogP contribution in [0.2, 0.25) is 0 Å². The van der Waals surface area contributed by atoms with E-state index in [2.05, 4.69) is 84.9 Å². The molecule has 0 spiro atoms. The topological polar surface area (TPSA) is 0 Å². The predicted molar refractivity (Wildman–Crippen MR) is 130 cm³/mol. The molecule has 0 bridgehead atoms. The first-order valence-corrected chi connectivity index (χ1v) is 10.9. The predicted octanol–water partition coefficient (Wildman–Crippen LogP) is 7.99. The van der Waals surface area contributed by atoms with Gasteiger partial charge in [-0.2, -0.15) is 0 Å². The van der Waals surface area contributed by atoms with Crippen LogP contribution in [0.4, 0.5) is 4.39 Å². The van der Waals surface area contributed by atoms with Crippen molar-refractivity contribution in [3.05, 3.63) is 77.6 Å². The molecule has 29 heavy (non-hydrogen) atoms. The quantitative estimate of drug-likeness (QED) is 0.344. The van der Waals surface area contributed by atoms with Crippen molar-refractivity contribution in [2.24, 2.45) is 5.41 Å². The lowest BCUT2D eigenvalue weighted by Gasteiger charge is -2.25. The van der Waals surface area contributed by atoms with E-state index >= 15 is 0 Å². The van der Waals surface area contributed by atoms with E-state index in [1.165, 1.54) is 43.4 Å². The standard InChI is InChI=1S/C11H22.C10H14.C6H4BF/c1-6-8-10(3)11(4,5)9-7-2;1-3-9(2)10-7-5-4-6-8-10;7-5-3-1-2-4-6(5)8/h8H,6-7,9H2,1-5H3;4-9H,3H2,1-2H3;1-4H. The van der Waals surface area contributed by atoms with Crippen LogP contribution < -0.4 is 5.46 Å². The summed E-state index contributed by atoms with van der Waals surface area (Å²) in [6.45, 7) is 15.8. The molecule has 0 N–H and O–H groups in total. The van der Waals surface area contributed by atoms with Crippen LogP contribution in [0.1, 0.15) is 85.6 Å². The van der Waals surface area contributed by atoms with Crippen LogP contribution >= 0.6 is 0 Å². The summed E-state index contributed by atoms with van der Waals surface area (Å²) in [5, 5.41) is 0. The molecule has 1 atom stereocenters. The van der Waals surface area contributed by atoms with Gasteiger partial charge in [-0.3, -0.25) is 0 Å². The molecule has 2 radical (unpaired) electrons. The Labute approximate surface area is 181 Å². The molecule has 2 rings (SSSR count). The molecule has 0 fully saturated rings. The molecule has 0 amide bonds. The number of hydrogen-bond donors (Lipinski definition) is 0. The van der Waals surface area contributed by atoms with E-state index in [0.717, 1.165) is 0 Å². The van der Waals surface area contributed by atoms with Crippen molar-refractivity contribution in [3.8, 4) is 0 Å². The van der Waals surface area contributed by atoms with E-state index in [9.17, 15) is 4.39 Å². The van der Waals surface area contributed by atoms with Crippen LogP contribution in [-0.4, -0.2) is 7.85 Å². The van der Waals surface area contributed by atoms with Gasteiger partial charge in [-0.15, -0.1) is 0 Å². The Hall–Kier alpha value is -1.83. The lowest BCUT2D eigenvalue weighted by atomic mass is 9.81. The Kier molecular flexibility index (Phi) is 14.1. The molecule has 0 saturated carbocycles. The maximum absolute atomic E-state index is 12.2. The van der Waals surface area contributed by atoms with Gasteiger partial charge in [0, 0.05) is 0 Å². The number of halogens is 1. The van der Waals surface area contributed by atoms with Gasteiger partial charge in [-0.05, 0) is 49.1 Å². The highest BCUT2D eigenvalue weighted by atomic mass is 19.1. The molecule has 0 aliphatic heterocycles. The van der Waals surface area contributed by atoms with E-state index in [-0.39, 0.29) is 11.3 Å². The minimum atomic E-state index is -0.354. The fourth-order valence-corrected chi connectivity index (χ4v) is 2.90. The second-order valence-corrected chi connectivity index (χ2v) is 8.17. The molecule has 0 aliphatic rings. The first-order chi connectivity index (χ1) is 13.7. The molecule has 2 aromatic rings. The van der Waals surface area contributed by atoms with Crippen LogP contribution in [0.25, 0.3) is 0 Å². The van der Waals surface area contributed by atoms with Crippen molar-refractivity contribution in [1.29, 1.82) is 0 Å². The number of benzene rings is 2. The van der Waals surface area contributed by atoms with Crippen molar-refractivity contribution in [3.63, 3.8) is 0 Å². The van der Waals surface area contributed by atoms with Gasteiger partial charge in [0.2, 0.25) is 0 Å². The second kappa shape index (κ2) is 15.1. The lowest BCUT2D eigenvalue weighted by molar-refractivity contribution is 0.401. The summed E-state index contributed by atoms with van der Waals surface area (Å²) in [5.74, 6) is 0.355. The van der Waals surface area contributed by atoms with Crippen LogP contribution in [0, 0.1) is 11.2 Å². The molecule has 2 heteroatoms. The monoisotopic (exact) mass is 394 g/mol. The summed E-state index contributed by atoms with van der Waals surface area (Å²) in [7, 11) is 5.14. The Morgan fingerprint density at radius 2 is 1.55 bits per heavy atom. The SMILES string of the molecule is CCC(C)c1ccccc1.CCC=C(C)C(C)(C)CCC.[B]c1ccccc1F. The number of rotatable bonds is 6. The first kappa shape index (κ1) is 27.2. The van der Waals surface area contributed by atoms with Gasteiger partial charge in [0.15, 0.2) is 0 Å². The van der Waals surface area contributed by atoms with E-state index in [4.69, 9.17) is 7.85 Å². The van der Waals surface area contributed by atoms with Gasteiger partial charge < -0.3 is 0 Å². The van der Waals surface area contributed by atoms with Crippen molar-refractivity contribution < 1.29 is 4.39 Å². The van der Waals surface area contributed by atoms with Crippen molar-refractivity contribution in [2.75, 3.05) is 0 Å². The average molecular weight is 394 g/mol. The maximum Gasteiger partial charge on any atom is 0.117 e. The van der Waals surface area contributed by atoms with E-state index in [0.29, 0.717) is 11.3 Å². The summed E-state index contributed by atoms with van der Waals surface area (Å²) in [6.07, 6.45) is 7.32. The third-order valence-corrected chi connectivity index (χ3v) is 5.34. The molecule has 0 aromatic heterocycles. The van der Waals surface area contributed by atoms with Gasteiger partial charge in [-0.25, -0.2) is 4.39 Å². The highest BCUT2D eigenvalue weighted by molar-refractivity contribution is 6.32. The third kappa shape index (κ3) is 11.7. The second-order valence-electron chi connectivity index (χ2n) is 8.17. The Bertz CT molecular complexity index is 668. The number of allylic oxidation sites excluding steroid dienone is 2. The minimum absolute atomic E-state index is 0.201. The van der Waals surface area contributed by atoms with Crippen molar-refractivity contribution in [2.45, 2.75) is 80.1 Å². The van der Waals surface area contributed by atoms with Gasteiger partial charge >= 0.3 is 0 Å². The Morgan fingerprint density at radius 1 is 1.00 bits per heavy atom. The fourth-order valence-electron chi connectivity index (χ4n) is 2.90. The Balaban J connectivity index is 0.000000410. The molecule has 1 unspecified atom stereocenters. The zero-order valence-electron chi connectivity index (χ0n) is 19.6. The zero-order chi connectivity index (χ0) is 22.3. The zero-order valence-corrected chi connectivity index (χ0v) is 19.6. The molecule has 158 valence electrons. The summed E-state index contributed by atoms with van der Waals surface area (Å²) >= 11 is 0. The summed E-state index contributed by atoms with van der Waals surface area (Å²) < 4.78 is 12.2. The van der Waals surface area contributed by atoms with Crippen molar-refractivity contribution >= 4 is 13.3 Å². The average Bonchev–Trinajstić information content (AvgIpc) is 2.71. The third-order valence-electron chi connectivity index (χ3n) is 5.34. The van der Waals surface area contributed by atoms with Crippen LogP contribution in [0.3, 0.4) is 0 Å². The molecular formula is C27H40BF. The molecule has 0 heterocycles. The van der Waals surface area contributed by atoms with Gasteiger partial charge in [0.1, 0.15) is 13.7 Å². The normalized spacial score (nSPS) is 12.2. The molecule has 2 aromatic carbocycles. The van der Waals surface area contributed by atoms with Crippen LogP contribution in [0.15, 0.2) is 66.2 Å². The van der Waals surface area contributed by atoms with Gasteiger partial charge in [0.25, 0.3) is 0 Å². The maximum atomic E-state index is 12.2. The minimum Gasteiger partial charge on any atom is -0.208 e. The van der Waals surface area contributed by atoms with E-state index < -0.39 is 0 Å². The van der Waals surface area contributed by atoms with Crippen LogP contribution in [0.5, 0.6) is 0 Å². The molecule has 0 nitrogen and oxygen atoms in total. The van der Waals surface area contributed by atoms with Gasteiger partial charge in [0.05, 0.1) is 0 Å². The van der Waals surface area contributed by atoms with Gasteiger partial charge in [-0.1, -0.05) is 114 Å². The largest absolute Gasteiger partial charge is 0.208 e. The highest BCUT2D eigenvalue weighted by Crippen LogP contribution is 2.31. The Morgan fingerprint density at radius 3 is 1.97 bits per heavy atom. The fraction of sp³-hybridized carbons (Fsp3) is 0.481. The molecule has 0 aliphatic carbocycles. The van der Waals surface area contributed by atoms with E-state index in [1.54, 1.807) is 17.7 Å². The first-order valence-electron chi connectivity index (χ1n) is 10.9. The number of hydrogen-bond acceptors (Lipinski definition) is 0. The lowest BCUT2D eigenvalue weighted by Crippen LogP contribution is -2.12. The van der Waals surface area contributed by atoms with E-state index in [1.807, 2.05) is 0 Å². The molecule has 0 saturated heterocycles. The summed E-state index contributed by atoms with van der Waals surface area (Å²) in [4.78, 5) is 0.